The van der Waals surface area contributed by atoms with Crippen LogP contribution in [0, 0.1) is 0 Å². The number of ether oxygens (including phenoxy) is 1. The number of carbonyl (C=O) groups excluding carboxylic acids is 1. The molecule has 118 valence electrons. The SMILES string of the molecule is CC(=O)c1ccc(N=Cc2ccc(OCC(=O)O)c(Cl)c2)cc1. The molecule has 2 aromatic rings. The van der Waals surface area contributed by atoms with Crippen molar-refractivity contribution in [1.29, 1.82) is 0 Å². The van der Waals surface area contributed by atoms with Gasteiger partial charge in [-0.05, 0) is 55.0 Å². The van der Waals surface area contributed by atoms with E-state index >= 15 is 0 Å². The van der Waals surface area contributed by atoms with E-state index in [1.54, 1.807) is 48.7 Å². The second-order valence-corrected chi connectivity index (χ2v) is 5.14. The van der Waals surface area contributed by atoms with Gasteiger partial charge in [0.15, 0.2) is 12.4 Å². The molecule has 5 nitrogen and oxygen atoms in total. The maximum absolute atomic E-state index is 11.2. The lowest BCUT2D eigenvalue weighted by molar-refractivity contribution is -0.139. The summed E-state index contributed by atoms with van der Waals surface area (Å²) < 4.78 is 5.04. The summed E-state index contributed by atoms with van der Waals surface area (Å²) in [6.45, 7) is 1.06. The lowest BCUT2D eigenvalue weighted by Gasteiger charge is -2.05. The third kappa shape index (κ3) is 4.93. The van der Waals surface area contributed by atoms with E-state index in [-0.39, 0.29) is 5.78 Å². The number of halogens is 1. The highest BCUT2D eigenvalue weighted by atomic mass is 35.5. The van der Waals surface area contributed by atoms with Crippen LogP contribution < -0.4 is 4.74 Å². The van der Waals surface area contributed by atoms with Crippen LogP contribution in [0.3, 0.4) is 0 Å². The summed E-state index contributed by atoms with van der Waals surface area (Å²) in [5, 5.41) is 8.88. The molecule has 0 atom stereocenters. The van der Waals surface area contributed by atoms with E-state index in [1.165, 1.54) is 6.92 Å². The molecule has 0 aliphatic carbocycles. The van der Waals surface area contributed by atoms with Crippen molar-refractivity contribution in [3.8, 4) is 5.75 Å². The fourth-order valence-electron chi connectivity index (χ4n) is 1.79. The molecule has 0 aromatic heterocycles. The number of ketones is 1. The average molecular weight is 332 g/mol. The third-order valence-corrected chi connectivity index (χ3v) is 3.24. The molecular formula is C17H14ClNO4. The molecule has 2 aromatic carbocycles. The summed E-state index contributed by atoms with van der Waals surface area (Å²) in [6.07, 6.45) is 1.62. The number of Topliss-reactive ketones (excluding diaryl/α,β-unsaturated/α-hetero) is 1. The van der Waals surface area contributed by atoms with E-state index in [9.17, 15) is 9.59 Å². The largest absolute Gasteiger partial charge is 0.480 e. The second-order valence-electron chi connectivity index (χ2n) is 4.73. The van der Waals surface area contributed by atoms with Crippen LogP contribution in [0.1, 0.15) is 22.8 Å². The number of carbonyl (C=O) groups is 2. The fourth-order valence-corrected chi connectivity index (χ4v) is 2.03. The Labute approximate surface area is 138 Å². The summed E-state index contributed by atoms with van der Waals surface area (Å²) in [6, 6.07) is 11.9. The van der Waals surface area contributed by atoms with Gasteiger partial charge in [0.1, 0.15) is 5.75 Å². The molecule has 0 aliphatic rings. The van der Waals surface area contributed by atoms with Crippen molar-refractivity contribution in [3.05, 3.63) is 58.6 Å². The average Bonchev–Trinajstić information content (AvgIpc) is 2.52. The zero-order valence-electron chi connectivity index (χ0n) is 12.3. The van der Waals surface area contributed by atoms with Crippen molar-refractivity contribution in [1.82, 2.24) is 0 Å². The maximum atomic E-state index is 11.2. The predicted octanol–water partition coefficient (Wildman–Crippen LogP) is 3.76. The van der Waals surface area contributed by atoms with E-state index in [0.717, 1.165) is 5.56 Å². The number of hydrogen-bond acceptors (Lipinski definition) is 4. The molecule has 0 amide bonds. The quantitative estimate of drug-likeness (QED) is 0.646. The topological polar surface area (TPSA) is 76.0 Å². The Balaban J connectivity index is 2.08. The van der Waals surface area contributed by atoms with Gasteiger partial charge in [0.05, 0.1) is 10.7 Å². The molecule has 0 saturated carbocycles. The van der Waals surface area contributed by atoms with Gasteiger partial charge in [-0.1, -0.05) is 11.6 Å². The van der Waals surface area contributed by atoms with Crippen LogP contribution in [-0.2, 0) is 4.79 Å². The minimum Gasteiger partial charge on any atom is -0.480 e. The Kier molecular flexibility index (Phi) is 5.49. The third-order valence-electron chi connectivity index (χ3n) is 2.94. The van der Waals surface area contributed by atoms with E-state index in [0.29, 0.717) is 22.0 Å². The van der Waals surface area contributed by atoms with Crippen molar-refractivity contribution >= 4 is 35.3 Å². The number of rotatable bonds is 6. The van der Waals surface area contributed by atoms with Crippen molar-refractivity contribution in [2.24, 2.45) is 4.99 Å². The molecule has 0 spiro atoms. The molecule has 0 aliphatic heterocycles. The Morgan fingerprint density at radius 2 is 1.91 bits per heavy atom. The van der Waals surface area contributed by atoms with Crippen molar-refractivity contribution in [2.45, 2.75) is 6.92 Å². The van der Waals surface area contributed by atoms with Gasteiger partial charge in [-0.3, -0.25) is 9.79 Å². The summed E-state index contributed by atoms with van der Waals surface area (Å²) in [4.78, 5) is 26.0. The van der Waals surface area contributed by atoms with Gasteiger partial charge in [0.25, 0.3) is 0 Å². The van der Waals surface area contributed by atoms with Gasteiger partial charge in [-0.2, -0.15) is 0 Å². The maximum Gasteiger partial charge on any atom is 0.341 e. The fraction of sp³-hybridized carbons (Fsp3) is 0.118. The first-order valence-corrected chi connectivity index (χ1v) is 7.13. The molecule has 0 radical (unpaired) electrons. The van der Waals surface area contributed by atoms with Gasteiger partial charge in [-0.15, -0.1) is 0 Å². The molecule has 2 rings (SSSR count). The van der Waals surface area contributed by atoms with Crippen molar-refractivity contribution in [2.75, 3.05) is 6.61 Å². The predicted molar refractivity (Wildman–Crippen MR) is 88.3 cm³/mol. The van der Waals surface area contributed by atoms with Crippen LogP contribution >= 0.6 is 11.6 Å². The van der Waals surface area contributed by atoms with Crippen LogP contribution in [0.25, 0.3) is 0 Å². The van der Waals surface area contributed by atoms with E-state index in [4.69, 9.17) is 21.4 Å². The summed E-state index contributed by atoms with van der Waals surface area (Å²) in [5.74, 6) is -0.762. The van der Waals surface area contributed by atoms with Gasteiger partial charge < -0.3 is 9.84 Å². The highest BCUT2D eigenvalue weighted by Crippen LogP contribution is 2.25. The first-order chi connectivity index (χ1) is 11.0. The summed E-state index contributed by atoms with van der Waals surface area (Å²) >= 11 is 6.03. The molecule has 0 heterocycles. The molecule has 23 heavy (non-hydrogen) atoms. The van der Waals surface area contributed by atoms with E-state index in [2.05, 4.69) is 4.99 Å². The Bertz CT molecular complexity index is 754. The smallest absolute Gasteiger partial charge is 0.341 e. The van der Waals surface area contributed by atoms with Crippen LogP contribution in [0.15, 0.2) is 47.5 Å². The standard InChI is InChI=1S/C17H14ClNO4/c1-11(20)13-3-5-14(6-4-13)19-9-12-2-7-16(15(18)8-12)23-10-17(21)22/h2-9H,10H2,1H3,(H,21,22). The highest BCUT2D eigenvalue weighted by molar-refractivity contribution is 6.32. The van der Waals surface area contributed by atoms with E-state index in [1.807, 2.05) is 0 Å². The lowest BCUT2D eigenvalue weighted by Crippen LogP contribution is -2.09. The number of aliphatic carboxylic acids is 1. The zero-order chi connectivity index (χ0) is 16.8. The number of nitrogens with zero attached hydrogens (tertiary/aromatic N) is 1. The molecule has 1 N–H and O–H groups in total. The first-order valence-electron chi connectivity index (χ1n) is 6.75. The number of carboxylic acids is 1. The molecule has 0 saturated heterocycles. The number of hydrogen-bond donors (Lipinski definition) is 1. The van der Waals surface area contributed by atoms with Gasteiger partial charge in [0, 0.05) is 11.8 Å². The van der Waals surface area contributed by atoms with Crippen LogP contribution in [0.2, 0.25) is 5.02 Å². The number of carboxylic acid groups (broad SMARTS) is 1. The second kappa shape index (κ2) is 7.56. The minimum atomic E-state index is -1.07. The molecular weight excluding hydrogens is 318 g/mol. The minimum absolute atomic E-state index is 0.00395. The zero-order valence-corrected chi connectivity index (χ0v) is 13.1. The molecule has 0 unspecified atom stereocenters. The van der Waals surface area contributed by atoms with Crippen LogP contribution in [0.5, 0.6) is 5.75 Å². The lowest BCUT2D eigenvalue weighted by atomic mass is 10.1. The van der Waals surface area contributed by atoms with Crippen molar-refractivity contribution in [3.63, 3.8) is 0 Å². The first kappa shape index (κ1) is 16.7. The Hall–Kier alpha value is -2.66. The summed E-state index contributed by atoms with van der Waals surface area (Å²) in [7, 11) is 0. The monoisotopic (exact) mass is 331 g/mol. The van der Waals surface area contributed by atoms with Crippen LogP contribution in [-0.4, -0.2) is 29.7 Å². The Morgan fingerprint density at radius 3 is 2.48 bits per heavy atom. The van der Waals surface area contributed by atoms with Crippen molar-refractivity contribution < 1.29 is 19.4 Å². The molecule has 6 heteroatoms. The normalized spacial score (nSPS) is 10.7. The highest BCUT2D eigenvalue weighted by Gasteiger charge is 2.05. The van der Waals surface area contributed by atoms with Gasteiger partial charge in [0.2, 0.25) is 0 Å². The van der Waals surface area contributed by atoms with Crippen LogP contribution in [0.4, 0.5) is 5.69 Å². The Morgan fingerprint density at radius 1 is 1.22 bits per heavy atom. The summed E-state index contributed by atoms with van der Waals surface area (Å²) in [5.41, 5.74) is 2.08. The molecule has 0 bridgehead atoms. The van der Waals surface area contributed by atoms with E-state index < -0.39 is 12.6 Å². The number of benzene rings is 2. The van der Waals surface area contributed by atoms with Gasteiger partial charge >= 0.3 is 5.97 Å². The number of aliphatic imine (C=N–C) groups is 1. The van der Waals surface area contributed by atoms with Gasteiger partial charge in [-0.25, -0.2) is 4.79 Å². The molecule has 0 fully saturated rings.